The first-order chi connectivity index (χ1) is 13.0. The van der Waals surface area contributed by atoms with Crippen molar-refractivity contribution in [2.24, 2.45) is 5.10 Å². The highest BCUT2D eigenvalue weighted by molar-refractivity contribution is 5.96. The molecule has 0 bridgehead atoms. The van der Waals surface area contributed by atoms with Crippen molar-refractivity contribution >= 4 is 23.6 Å². The fraction of sp³-hybridized carbons (Fsp3) is 0.222. The smallest absolute Gasteiger partial charge is 0.340 e. The number of carbonyl (C=O) groups is 1. The minimum atomic E-state index is -0.676. The molecule has 0 aliphatic rings. The Balaban J connectivity index is 2.25. The molecule has 0 aromatic heterocycles. The molecule has 2 aromatic rings. The largest absolute Gasteiger partial charge is 0.493 e. The van der Waals surface area contributed by atoms with Crippen LogP contribution in [0.2, 0.25) is 0 Å². The highest BCUT2D eigenvalue weighted by Crippen LogP contribution is 2.27. The standard InChI is InChI=1S/C18H19N3O6/c1-4-27-18(22)14-10-13(21(23)24)6-7-15(14)20-19-11-12-5-8-16(25-2)17(9-12)26-3/h5-11,20H,4H2,1-3H3/b19-11+. The van der Waals surface area contributed by atoms with Crippen LogP contribution in [-0.2, 0) is 4.74 Å². The number of nitro benzene ring substituents is 1. The van der Waals surface area contributed by atoms with Crippen LogP contribution in [-0.4, -0.2) is 37.9 Å². The number of non-ortho nitro benzene ring substituents is 1. The predicted molar refractivity (Wildman–Crippen MR) is 99.8 cm³/mol. The van der Waals surface area contributed by atoms with Crippen molar-refractivity contribution in [2.45, 2.75) is 6.92 Å². The molecular weight excluding hydrogens is 354 g/mol. The monoisotopic (exact) mass is 373 g/mol. The van der Waals surface area contributed by atoms with Gasteiger partial charge in [0.25, 0.3) is 5.69 Å². The summed E-state index contributed by atoms with van der Waals surface area (Å²) in [4.78, 5) is 22.4. The minimum Gasteiger partial charge on any atom is -0.493 e. The van der Waals surface area contributed by atoms with Crippen molar-refractivity contribution in [3.05, 3.63) is 57.6 Å². The van der Waals surface area contributed by atoms with E-state index < -0.39 is 10.9 Å². The van der Waals surface area contributed by atoms with E-state index in [1.165, 1.54) is 25.5 Å². The van der Waals surface area contributed by atoms with Gasteiger partial charge >= 0.3 is 5.97 Å². The summed E-state index contributed by atoms with van der Waals surface area (Å²) in [5.74, 6) is 0.455. The molecule has 0 atom stereocenters. The molecule has 1 N–H and O–H groups in total. The Bertz CT molecular complexity index is 866. The zero-order chi connectivity index (χ0) is 19.8. The molecule has 142 valence electrons. The van der Waals surface area contributed by atoms with Crippen LogP contribution < -0.4 is 14.9 Å². The topological polar surface area (TPSA) is 112 Å². The summed E-state index contributed by atoms with van der Waals surface area (Å²) in [6.07, 6.45) is 1.51. The van der Waals surface area contributed by atoms with E-state index in [1.807, 2.05) is 0 Å². The number of nitrogens with zero attached hydrogens (tertiary/aromatic N) is 2. The van der Waals surface area contributed by atoms with Crippen molar-refractivity contribution in [2.75, 3.05) is 26.3 Å². The lowest BCUT2D eigenvalue weighted by Crippen LogP contribution is -2.08. The molecule has 0 spiro atoms. The molecule has 0 aliphatic carbocycles. The molecule has 2 aromatic carbocycles. The Morgan fingerprint density at radius 2 is 1.93 bits per heavy atom. The Kier molecular flexibility index (Phi) is 6.70. The lowest BCUT2D eigenvalue weighted by atomic mass is 10.1. The van der Waals surface area contributed by atoms with Crippen molar-refractivity contribution in [1.29, 1.82) is 0 Å². The second-order valence-electron chi connectivity index (χ2n) is 5.19. The SMILES string of the molecule is CCOC(=O)c1cc([N+](=O)[O-])ccc1N/N=C/c1ccc(OC)c(OC)c1. The van der Waals surface area contributed by atoms with E-state index in [0.717, 1.165) is 11.6 Å². The summed E-state index contributed by atoms with van der Waals surface area (Å²) in [5, 5.41) is 15.0. The van der Waals surface area contributed by atoms with E-state index in [4.69, 9.17) is 14.2 Å². The molecular formula is C18H19N3O6. The number of rotatable bonds is 8. The first kappa shape index (κ1) is 19.7. The normalized spacial score (nSPS) is 10.5. The summed E-state index contributed by atoms with van der Waals surface area (Å²) in [7, 11) is 3.07. The lowest BCUT2D eigenvalue weighted by molar-refractivity contribution is -0.384. The summed E-state index contributed by atoms with van der Waals surface area (Å²) in [6.45, 7) is 1.80. The number of esters is 1. The zero-order valence-electron chi connectivity index (χ0n) is 15.1. The summed E-state index contributed by atoms with van der Waals surface area (Å²) in [6, 6.07) is 9.05. The Morgan fingerprint density at radius 1 is 1.19 bits per heavy atom. The number of nitro groups is 1. The van der Waals surface area contributed by atoms with Gasteiger partial charge in [0.1, 0.15) is 0 Å². The van der Waals surface area contributed by atoms with Crippen LogP contribution in [0, 0.1) is 10.1 Å². The average molecular weight is 373 g/mol. The summed E-state index contributed by atoms with van der Waals surface area (Å²) < 4.78 is 15.3. The van der Waals surface area contributed by atoms with E-state index >= 15 is 0 Å². The summed E-state index contributed by atoms with van der Waals surface area (Å²) in [5.41, 5.74) is 3.53. The molecule has 0 amide bonds. The van der Waals surface area contributed by atoms with Crippen LogP contribution in [0.3, 0.4) is 0 Å². The van der Waals surface area contributed by atoms with Gasteiger partial charge in [0.2, 0.25) is 0 Å². The van der Waals surface area contributed by atoms with Gasteiger partial charge in [-0.3, -0.25) is 15.5 Å². The maximum atomic E-state index is 12.1. The van der Waals surface area contributed by atoms with Crippen molar-refractivity contribution in [3.8, 4) is 11.5 Å². The molecule has 0 heterocycles. The number of carbonyl (C=O) groups excluding carboxylic acids is 1. The number of hydrogen-bond donors (Lipinski definition) is 1. The molecule has 0 fully saturated rings. The molecule has 0 unspecified atom stereocenters. The number of methoxy groups -OCH3 is 2. The number of nitrogens with one attached hydrogen (secondary N) is 1. The van der Waals surface area contributed by atoms with Crippen LogP contribution in [0.15, 0.2) is 41.5 Å². The van der Waals surface area contributed by atoms with Crippen molar-refractivity contribution in [3.63, 3.8) is 0 Å². The molecule has 9 heteroatoms. The third-order valence-electron chi connectivity index (χ3n) is 3.52. The number of anilines is 1. The van der Waals surface area contributed by atoms with Gasteiger partial charge in [-0.25, -0.2) is 4.79 Å². The number of ether oxygens (including phenoxy) is 3. The van der Waals surface area contributed by atoms with Crippen LogP contribution in [0.1, 0.15) is 22.8 Å². The van der Waals surface area contributed by atoms with Crippen molar-refractivity contribution in [1.82, 2.24) is 0 Å². The van der Waals surface area contributed by atoms with Gasteiger partial charge < -0.3 is 14.2 Å². The molecule has 0 saturated carbocycles. The van der Waals surface area contributed by atoms with Crippen LogP contribution >= 0.6 is 0 Å². The maximum absolute atomic E-state index is 12.1. The third-order valence-corrected chi connectivity index (χ3v) is 3.52. The number of benzene rings is 2. The van der Waals surface area contributed by atoms with Gasteiger partial charge in [-0.1, -0.05) is 0 Å². The zero-order valence-corrected chi connectivity index (χ0v) is 15.1. The van der Waals surface area contributed by atoms with Crippen LogP contribution in [0.5, 0.6) is 11.5 Å². The molecule has 2 rings (SSSR count). The average Bonchev–Trinajstić information content (AvgIpc) is 2.68. The van der Waals surface area contributed by atoms with E-state index in [1.54, 1.807) is 32.2 Å². The number of hydrogen-bond acceptors (Lipinski definition) is 8. The maximum Gasteiger partial charge on any atom is 0.340 e. The molecule has 0 aliphatic heterocycles. The molecule has 27 heavy (non-hydrogen) atoms. The van der Waals surface area contributed by atoms with Gasteiger partial charge in [0, 0.05) is 12.1 Å². The molecule has 0 saturated heterocycles. The second-order valence-corrected chi connectivity index (χ2v) is 5.19. The van der Waals surface area contributed by atoms with Gasteiger partial charge in [-0.2, -0.15) is 5.10 Å². The first-order valence-corrected chi connectivity index (χ1v) is 7.96. The summed E-state index contributed by atoms with van der Waals surface area (Å²) >= 11 is 0. The first-order valence-electron chi connectivity index (χ1n) is 7.96. The number of hydrazone groups is 1. The van der Waals surface area contributed by atoms with Crippen LogP contribution in [0.4, 0.5) is 11.4 Å². The van der Waals surface area contributed by atoms with E-state index in [-0.39, 0.29) is 23.5 Å². The highest BCUT2D eigenvalue weighted by atomic mass is 16.6. The predicted octanol–water partition coefficient (Wildman–Crippen LogP) is 3.23. The fourth-order valence-corrected chi connectivity index (χ4v) is 2.23. The van der Waals surface area contributed by atoms with Gasteiger partial charge in [-0.05, 0) is 36.8 Å². The van der Waals surface area contributed by atoms with Crippen LogP contribution in [0.25, 0.3) is 0 Å². The van der Waals surface area contributed by atoms with Gasteiger partial charge in [0.15, 0.2) is 11.5 Å². The Morgan fingerprint density at radius 3 is 2.56 bits per heavy atom. The molecule has 0 radical (unpaired) electrons. The van der Waals surface area contributed by atoms with Gasteiger partial charge in [-0.15, -0.1) is 0 Å². The Labute approximate surface area is 155 Å². The second kappa shape index (κ2) is 9.18. The minimum absolute atomic E-state index is 0.0236. The molecule has 9 nitrogen and oxygen atoms in total. The lowest BCUT2D eigenvalue weighted by Gasteiger charge is -2.09. The Hall–Kier alpha value is -3.62. The van der Waals surface area contributed by atoms with E-state index in [0.29, 0.717) is 11.5 Å². The van der Waals surface area contributed by atoms with E-state index in [9.17, 15) is 14.9 Å². The highest BCUT2D eigenvalue weighted by Gasteiger charge is 2.17. The van der Waals surface area contributed by atoms with Crippen molar-refractivity contribution < 1.29 is 23.9 Å². The fourth-order valence-electron chi connectivity index (χ4n) is 2.23. The van der Waals surface area contributed by atoms with Gasteiger partial charge in [0.05, 0.1) is 43.2 Å². The quantitative estimate of drug-likeness (QED) is 0.327. The van der Waals surface area contributed by atoms with E-state index in [2.05, 4.69) is 10.5 Å². The third kappa shape index (κ3) is 4.94.